The van der Waals surface area contributed by atoms with Crippen molar-refractivity contribution in [1.29, 1.82) is 0 Å². The zero-order valence-electron chi connectivity index (χ0n) is 27.0. The molecule has 2 amide bonds. The highest BCUT2D eigenvalue weighted by molar-refractivity contribution is 7.92. The number of sulfonamides is 1. The Hall–Kier alpha value is -3.85. The molecular weight excluding hydrogens is 665 g/mol. The molecule has 0 radical (unpaired) electrons. The zero-order chi connectivity index (χ0) is 34.1. The van der Waals surface area contributed by atoms with Gasteiger partial charge in [0.25, 0.3) is 10.0 Å². The third-order valence-electron chi connectivity index (χ3n) is 8.83. The Kier molecular flexibility index (Phi) is 12.2. The Bertz CT molecular complexity index is 1800. The van der Waals surface area contributed by atoms with E-state index in [0.29, 0.717) is 27.7 Å². The summed E-state index contributed by atoms with van der Waals surface area (Å²) in [4.78, 5) is 30.6. The van der Waals surface area contributed by atoms with Crippen LogP contribution in [0.25, 0.3) is 0 Å². The number of nitrogens with one attached hydrogen (secondary N) is 1. The van der Waals surface area contributed by atoms with Crippen LogP contribution in [-0.4, -0.2) is 43.8 Å². The highest BCUT2D eigenvalue weighted by Gasteiger charge is 2.36. The predicted octanol–water partition coefficient (Wildman–Crippen LogP) is 7.84. The smallest absolute Gasteiger partial charge is 0.264 e. The van der Waals surface area contributed by atoms with Gasteiger partial charge in [0.2, 0.25) is 11.8 Å². The quantitative estimate of drug-likeness (QED) is 0.154. The first-order chi connectivity index (χ1) is 23.2. The molecule has 0 aliphatic heterocycles. The van der Waals surface area contributed by atoms with Crippen LogP contribution in [0.5, 0.6) is 0 Å². The van der Waals surface area contributed by atoms with E-state index in [1.807, 2.05) is 49.4 Å². The van der Waals surface area contributed by atoms with Crippen molar-refractivity contribution in [3.8, 4) is 0 Å². The van der Waals surface area contributed by atoms with Crippen LogP contribution in [0, 0.1) is 0 Å². The largest absolute Gasteiger partial charge is 0.352 e. The summed E-state index contributed by atoms with van der Waals surface area (Å²) in [6.45, 7) is 1.38. The summed E-state index contributed by atoms with van der Waals surface area (Å²) in [5.74, 6) is -0.818. The Labute approximate surface area is 293 Å². The van der Waals surface area contributed by atoms with Crippen LogP contribution < -0.4 is 9.62 Å². The highest BCUT2D eigenvalue weighted by Crippen LogP contribution is 2.30. The number of para-hydroxylation sites is 1. The van der Waals surface area contributed by atoms with Crippen molar-refractivity contribution in [2.75, 3.05) is 10.8 Å². The molecule has 1 aliphatic rings. The van der Waals surface area contributed by atoms with Gasteiger partial charge in [0.1, 0.15) is 12.6 Å². The monoisotopic (exact) mass is 705 g/mol. The van der Waals surface area contributed by atoms with Gasteiger partial charge in [0.15, 0.2) is 0 Å². The maximum Gasteiger partial charge on any atom is 0.264 e. The SMILES string of the molecule is CCc1ccccc1N(CC(=O)N(Cc1ccc(Cl)cc1Cl)[C@H](Cc1ccccc1)C(=O)NC1CCCCC1)S(=O)(=O)c1ccccc1. The van der Waals surface area contributed by atoms with Crippen LogP contribution in [0.4, 0.5) is 5.69 Å². The molecule has 5 rings (SSSR count). The van der Waals surface area contributed by atoms with Crippen molar-refractivity contribution in [3.63, 3.8) is 0 Å². The second kappa shape index (κ2) is 16.5. The van der Waals surface area contributed by atoms with Gasteiger partial charge in [-0.25, -0.2) is 8.42 Å². The van der Waals surface area contributed by atoms with Crippen molar-refractivity contribution in [2.45, 2.75) is 75.4 Å². The fourth-order valence-corrected chi connectivity index (χ4v) is 8.16. The predicted molar refractivity (Wildman–Crippen MR) is 193 cm³/mol. The maximum atomic E-state index is 14.8. The van der Waals surface area contributed by atoms with Crippen molar-refractivity contribution in [3.05, 3.63) is 130 Å². The Morgan fingerprint density at radius 1 is 0.833 bits per heavy atom. The van der Waals surface area contributed by atoms with Crippen molar-refractivity contribution >= 4 is 50.7 Å². The first kappa shape index (κ1) is 35.5. The average molecular weight is 707 g/mol. The number of nitrogens with zero attached hydrogens (tertiary/aromatic N) is 2. The number of hydrogen-bond donors (Lipinski definition) is 1. The van der Waals surface area contributed by atoms with E-state index in [1.165, 1.54) is 21.3 Å². The van der Waals surface area contributed by atoms with Gasteiger partial charge in [0.05, 0.1) is 10.6 Å². The molecule has 0 saturated heterocycles. The van der Waals surface area contributed by atoms with E-state index in [4.69, 9.17) is 23.2 Å². The molecule has 0 unspecified atom stereocenters. The van der Waals surface area contributed by atoms with Gasteiger partial charge >= 0.3 is 0 Å². The number of carbonyl (C=O) groups is 2. The van der Waals surface area contributed by atoms with Gasteiger partial charge in [-0.1, -0.05) is 122 Å². The molecule has 1 fully saturated rings. The third-order valence-corrected chi connectivity index (χ3v) is 11.2. The second-order valence-electron chi connectivity index (χ2n) is 12.1. The fraction of sp³-hybridized carbons (Fsp3) is 0.316. The number of carbonyl (C=O) groups excluding carboxylic acids is 2. The van der Waals surface area contributed by atoms with Gasteiger partial charge < -0.3 is 10.2 Å². The van der Waals surface area contributed by atoms with E-state index in [-0.39, 0.29) is 29.8 Å². The number of rotatable bonds is 13. The molecular formula is C38H41Cl2N3O4S. The minimum Gasteiger partial charge on any atom is -0.352 e. The maximum absolute atomic E-state index is 14.8. The normalized spacial score (nSPS) is 14.2. The zero-order valence-corrected chi connectivity index (χ0v) is 29.4. The van der Waals surface area contributed by atoms with Crippen LogP contribution >= 0.6 is 23.2 Å². The molecule has 4 aromatic carbocycles. The van der Waals surface area contributed by atoms with E-state index in [1.54, 1.807) is 48.5 Å². The Morgan fingerprint density at radius 2 is 1.48 bits per heavy atom. The number of anilines is 1. The summed E-state index contributed by atoms with van der Waals surface area (Å²) in [5, 5.41) is 4.01. The lowest BCUT2D eigenvalue weighted by Crippen LogP contribution is -2.55. The molecule has 48 heavy (non-hydrogen) atoms. The lowest BCUT2D eigenvalue weighted by molar-refractivity contribution is -0.140. The molecule has 4 aromatic rings. The van der Waals surface area contributed by atoms with Gasteiger partial charge in [-0.2, -0.15) is 0 Å². The molecule has 10 heteroatoms. The van der Waals surface area contributed by atoms with Crippen LogP contribution in [0.1, 0.15) is 55.7 Å². The van der Waals surface area contributed by atoms with E-state index in [0.717, 1.165) is 43.2 Å². The van der Waals surface area contributed by atoms with Gasteiger partial charge in [0, 0.05) is 29.1 Å². The van der Waals surface area contributed by atoms with E-state index in [2.05, 4.69) is 5.32 Å². The number of aryl methyl sites for hydroxylation is 1. The molecule has 7 nitrogen and oxygen atoms in total. The molecule has 0 aromatic heterocycles. The van der Waals surface area contributed by atoms with Crippen LogP contribution in [0.15, 0.2) is 108 Å². The van der Waals surface area contributed by atoms with Crippen LogP contribution in [0.2, 0.25) is 10.0 Å². The summed E-state index contributed by atoms with van der Waals surface area (Å²) in [7, 11) is -4.19. The molecule has 252 valence electrons. The van der Waals surface area contributed by atoms with Gasteiger partial charge in [-0.15, -0.1) is 0 Å². The average Bonchev–Trinajstić information content (AvgIpc) is 3.10. The summed E-state index contributed by atoms with van der Waals surface area (Å²) >= 11 is 12.9. The highest BCUT2D eigenvalue weighted by atomic mass is 35.5. The Morgan fingerprint density at radius 3 is 2.15 bits per heavy atom. The molecule has 0 spiro atoms. The number of benzene rings is 4. The molecule has 1 N–H and O–H groups in total. The lowest BCUT2D eigenvalue weighted by atomic mass is 9.94. The molecule has 0 bridgehead atoms. The fourth-order valence-electron chi connectivity index (χ4n) is 6.22. The van der Waals surface area contributed by atoms with Crippen LogP contribution in [0.3, 0.4) is 0 Å². The number of halogens is 2. The minimum absolute atomic E-state index is 0.00647. The second-order valence-corrected chi connectivity index (χ2v) is 14.8. The van der Waals surface area contributed by atoms with Crippen LogP contribution in [-0.2, 0) is 39.0 Å². The van der Waals surface area contributed by atoms with Crippen molar-refractivity contribution in [1.82, 2.24) is 10.2 Å². The van der Waals surface area contributed by atoms with E-state index >= 15 is 0 Å². The summed E-state index contributed by atoms with van der Waals surface area (Å²) in [5.41, 5.74) is 2.64. The van der Waals surface area contributed by atoms with Crippen molar-refractivity contribution in [2.24, 2.45) is 0 Å². The van der Waals surface area contributed by atoms with E-state index < -0.39 is 28.5 Å². The molecule has 1 aliphatic carbocycles. The standard InChI is InChI=1S/C38H41Cl2N3O4S/c1-2-29-16-12-13-21-35(29)43(48(46,47)33-19-10-5-11-20-33)27-37(44)42(26-30-22-23-31(39)25-34(30)40)36(24-28-14-6-3-7-15-28)38(45)41-32-17-8-4-9-18-32/h3,5-7,10-16,19-23,25,32,36H,2,4,8-9,17-18,24,26-27H2,1H3,(H,41,45)/t36-/m1/s1. The number of hydrogen-bond acceptors (Lipinski definition) is 4. The lowest BCUT2D eigenvalue weighted by Gasteiger charge is -2.35. The minimum atomic E-state index is -4.19. The first-order valence-electron chi connectivity index (χ1n) is 16.4. The third kappa shape index (κ3) is 8.78. The topological polar surface area (TPSA) is 86.8 Å². The molecule has 1 saturated carbocycles. The summed E-state index contributed by atoms with van der Waals surface area (Å²) in [6.07, 6.45) is 5.71. The first-order valence-corrected chi connectivity index (χ1v) is 18.6. The summed E-state index contributed by atoms with van der Waals surface area (Å²) in [6, 6.07) is 28.8. The molecule has 1 atom stereocenters. The summed E-state index contributed by atoms with van der Waals surface area (Å²) < 4.78 is 29.8. The van der Waals surface area contributed by atoms with Gasteiger partial charge in [-0.05, 0) is 66.3 Å². The Balaban J connectivity index is 1.59. The van der Waals surface area contributed by atoms with E-state index in [9.17, 15) is 18.0 Å². The van der Waals surface area contributed by atoms with Gasteiger partial charge in [-0.3, -0.25) is 13.9 Å². The number of amides is 2. The molecule has 0 heterocycles. The van der Waals surface area contributed by atoms with Crippen molar-refractivity contribution < 1.29 is 18.0 Å².